The third kappa shape index (κ3) is 5.92. The first-order chi connectivity index (χ1) is 15.7. The van der Waals surface area contributed by atoms with Crippen molar-refractivity contribution in [2.45, 2.75) is 65.8 Å². The lowest BCUT2D eigenvalue weighted by Gasteiger charge is -2.26. The second-order valence-electron chi connectivity index (χ2n) is 8.95. The minimum atomic E-state index is -0.803. The van der Waals surface area contributed by atoms with Gasteiger partial charge in [0.05, 0.1) is 6.54 Å². The first-order valence-corrected chi connectivity index (χ1v) is 11.4. The summed E-state index contributed by atoms with van der Waals surface area (Å²) in [5, 5.41) is 5.84. The fourth-order valence-electron chi connectivity index (χ4n) is 3.69. The molecule has 33 heavy (non-hydrogen) atoms. The summed E-state index contributed by atoms with van der Waals surface area (Å²) < 4.78 is 5.71. The molecule has 0 bridgehead atoms. The summed E-state index contributed by atoms with van der Waals surface area (Å²) in [7, 11) is 0. The van der Waals surface area contributed by atoms with Crippen molar-refractivity contribution in [3.05, 3.63) is 65.2 Å². The molecule has 176 valence electrons. The summed E-state index contributed by atoms with van der Waals surface area (Å²) >= 11 is 0. The number of rotatable bonds is 8. The van der Waals surface area contributed by atoms with Gasteiger partial charge in [-0.3, -0.25) is 14.5 Å². The number of amides is 3. The minimum absolute atomic E-state index is 0.0247. The number of benzene rings is 2. The Morgan fingerprint density at radius 3 is 2.39 bits per heavy atom. The van der Waals surface area contributed by atoms with Gasteiger partial charge in [0.2, 0.25) is 11.8 Å². The molecule has 7 nitrogen and oxygen atoms in total. The number of anilines is 1. The summed E-state index contributed by atoms with van der Waals surface area (Å²) in [4.78, 5) is 39.6. The van der Waals surface area contributed by atoms with Gasteiger partial charge in [0, 0.05) is 17.6 Å². The molecule has 1 aliphatic heterocycles. The minimum Gasteiger partial charge on any atom is -0.438 e. The van der Waals surface area contributed by atoms with Crippen LogP contribution in [-0.4, -0.2) is 34.9 Å². The van der Waals surface area contributed by atoms with E-state index in [0.29, 0.717) is 11.3 Å². The molecule has 1 fully saturated rings. The Bertz CT molecular complexity index is 1000. The van der Waals surface area contributed by atoms with E-state index in [1.54, 1.807) is 24.3 Å². The van der Waals surface area contributed by atoms with Crippen molar-refractivity contribution in [2.75, 3.05) is 5.32 Å². The third-order valence-electron chi connectivity index (χ3n) is 5.82. The highest BCUT2D eigenvalue weighted by Crippen LogP contribution is 2.34. The number of nitrogens with zero attached hydrogens (tertiary/aromatic N) is 1. The summed E-state index contributed by atoms with van der Waals surface area (Å²) in [6.45, 7) is 9.84. The molecular weight excluding hydrogens is 418 g/mol. The van der Waals surface area contributed by atoms with E-state index in [1.807, 2.05) is 58.9 Å². The van der Waals surface area contributed by atoms with Crippen LogP contribution in [0.15, 0.2) is 48.5 Å². The molecular formula is C26H33N3O4. The predicted octanol–water partition coefficient (Wildman–Crippen LogP) is 4.57. The maximum atomic E-state index is 13.3. The second kappa shape index (κ2) is 10.5. The van der Waals surface area contributed by atoms with Crippen molar-refractivity contribution in [2.24, 2.45) is 5.92 Å². The van der Waals surface area contributed by atoms with E-state index in [4.69, 9.17) is 4.74 Å². The first kappa shape index (κ1) is 24.3. The Balaban J connectivity index is 1.88. The number of carbonyl (C=O) groups is 3. The topological polar surface area (TPSA) is 87.7 Å². The number of hydrogen-bond acceptors (Lipinski definition) is 4. The number of carbonyl (C=O) groups excluding carboxylic acids is 3. The van der Waals surface area contributed by atoms with Crippen LogP contribution < -0.4 is 10.6 Å². The maximum absolute atomic E-state index is 13.3. The zero-order valence-electron chi connectivity index (χ0n) is 19.9. The number of ether oxygens (including phenoxy) is 1. The Morgan fingerprint density at radius 2 is 1.79 bits per heavy atom. The standard InChI is InChI=1S/C26H33N3O4/c1-6-18(5)27-25(31)22-23(20-10-12-21(13-11-20)28-24(30)16(2)3)33-26(32)29(22)15-19-9-7-8-17(4)14-19/h7-14,16,18,22-23H,6,15H2,1-5H3,(H,27,31)(H,28,30). The largest absolute Gasteiger partial charge is 0.438 e. The van der Waals surface area contributed by atoms with Crippen molar-refractivity contribution in [3.63, 3.8) is 0 Å². The molecule has 3 amide bonds. The van der Waals surface area contributed by atoms with E-state index < -0.39 is 18.2 Å². The van der Waals surface area contributed by atoms with Gasteiger partial charge in [-0.1, -0.05) is 62.7 Å². The summed E-state index contributed by atoms with van der Waals surface area (Å²) in [5.41, 5.74) is 3.36. The van der Waals surface area contributed by atoms with Gasteiger partial charge in [0.15, 0.2) is 12.1 Å². The highest BCUT2D eigenvalue weighted by molar-refractivity contribution is 5.92. The van der Waals surface area contributed by atoms with E-state index in [1.165, 1.54) is 4.90 Å². The van der Waals surface area contributed by atoms with Crippen LogP contribution in [0.5, 0.6) is 0 Å². The number of aryl methyl sites for hydroxylation is 1. The quantitative estimate of drug-likeness (QED) is 0.616. The van der Waals surface area contributed by atoms with Crippen LogP contribution in [0.4, 0.5) is 10.5 Å². The molecule has 0 aromatic heterocycles. The fraction of sp³-hybridized carbons (Fsp3) is 0.423. The van der Waals surface area contributed by atoms with Crippen LogP contribution in [-0.2, 0) is 20.9 Å². The maximum Gasteiger partial charge on any atom is 0.411 e. The monoisotopic (exact) mass is 451 g/mol. The lowest BCUT2D eigenvalue weighted by molar-refractivity contribution is -0.127. The smallest absolute Gasteiger partial charge is 0.411 e. The highest BCUT2D eigenvalue weighted by atomic mass is 16.6. The molecule has 0 aliphatic carbocycles. The first-order valence-electron chi connectivity index (χ1n) is 11.4. The van der Waals surface area contributed by atoms with Crippen LogP contribution >= 0.6 is 0 Å². The van der Waals surface area contributed by atoms with Gasteiger partial charge >= 0.3 is 6.09 Å². The summed E-state index contributed by atoms with van der Waals surface area (Å²) in [6, 6.07) is 14.1. The van der Waals surface area contributed by atoms with E-state index in [0.717, 1.165) is 17.5 Å². The molecule has 0 radical (unpaired) electrons. The molecule has 3 atom stereocenters. The van der Waals surface area contributed by atoms with E-state index in [-0.39, 0.29) is 30.3 Å². The van der Waals surface area contributed by atoms with Crippen molar-refractivity contribution < 1.29 is 19.1 Å². The van der Waals surface area contributed by atoms with Gasteiger partial charge in [-0.05, 0) is 43.5 Å². The lowest BCUT2D eigenvalue weighted by Crippen LogP contribution is -2.48. The van der Waals surface area contributed by atoms with Gasteiger partial charge in [-0.2, -0.15) is 0 Å². The number of nitrogens with one attached hydrogen (secondary N) is 2. The molecule has 2 aromatic carbocycles. The van der Waals surface area contributed by atoms with Crippen LogP contribution in [0.1, 0.15) is 56.9 Å². The fourth-order valence-corrected chi connectivity index (χ4v) is 3.69. The predicted molar refractivity (Wildman–Crippen MR) is 128 cm³/mol. The SMILES string of the molecule is CCC(C)NC(=O)C1C(c2ccc(NC(=O)C(C)C)cc2)OC(=O)N1Cc1cccc(C)c1. The Morgan fingerprint density at radius 1 is 1.09 bits per heavy atom. The second-order valence-corrected chi connectivity index (χ2v) is 8.95. The molecule has 1 heterocycles. The molecule has 2 aromatic rings. The lowest BCUT2D eigenvalue weighted by atomic mass is 9.99. The van der Waals surface area contributed by atoms with Gasteiger partial charge in [0.25, 0.3) is 0 Å². The summed E-state index contributed by atoms with van der Waals surface area (Å²) in [5.74, 6) is -0.459. The van der Waals surface area contributed by atoms with Crippen LogP contribution in [0.25, 0.3) is 0 Å². The zero-order valence-corrected chi connectivity index (χ0v) is 19.9. The van der Waals surface area contributed by atoms with Gasteiger partial charge in [-0.15, -0.1) is 0 Å². The van der Waals surface area contributed by atoms with Crippen LogP contribution in [0.3, 0.4) is 0 Å². The Hall–Kier alpha value is -3.35. The van der Waals surface area contributed by atoms with Crippen molar-refractivity contribution in [1.29, 1.82) is 0 Å². The molecule has 2 N–H and O–H groups in total. The zero-order chi connectivity index (χ0) is 24.1. The van der Waals surface area contributed by atoms with E-state index in [9.17, 15) is 14.4 Å². The van der Waals surface area contributed by atoms with Gasteiger partial charge in [0.1, 0.15) is 0 Å². The Labute approximate surface area is 195 Å². The van der Waals surface area contributed by atoms with E-state index in [2.05, 4.69) is 10.6 Å². The average molecular weight is 452 g/mol. The van der Waals surface area contributed by atoms with Crippen LogP contribution in [0, 0.1) is 12.8 Å². The highest BCUT2D eigenvalue weighted by Gasteiger charge is 2.47. The van der Waals surface area contributed by atoms with Gasteiger partial charge < -0.3 is 15.4 Å². The summed E-state index contributed by atoms with van der Waals surface area (Å²) in [6.07, 6.45) is -0.496. The molecule has 1 aliphatic rings. The number of hydrogen-bond donors (Lipinski definition) is 2. The molecule has 3 unspecified atom stereocenters. The molecule has 0 spiro atoms. The molecule has 1 saturated heterocycles. The van der Waals surface area contributed by atoms with Crippen LogP contribution in [0.2, 0.25) is 0 Å². The molecule has 7 heteroatoms. The molecule has 0 saturated carbocycles. The van der Waals surface area contributed by atoms with Crippen molar-refractivity contribution >= 4 is 23.6 Å². The number of cyclic esters (lactones) is 1. The average Bonchev–Trinajstić information content (AvgIpc) is 3.10. The van der Waals surface area contributed by atoms with E-state index >= 15 is 0 Å². The normalized spacial score (nSPS) is 18.7. The van der Waals surface area contributed by atoms with Crippen molar-refractivity contribution in [1.82, 2.24) is 10.2 Å². The third-order valence-corrected chi connectivity index (χ3v) is 5.82. The Kier molecular flexibility index (Phi) is 7.74. The molecule has 3 rings (SSSR count). The van der Waals surface area contributed by atoms with Gasteiger partial charge in [-0.25, -0.2) is 4.79 Å². The van der Waals surface area contributed by atoms with Crippen molar-refractivity contribution in [3.8, 4) is 0 Å².